The van der Waals surface area contributed by atoms with Gasteiger partial charge in [0, 0.05) is 10.9 Å². The highest BCUT2D eigenvalue weighted by molar-refractivity contribution is 5.98. The van der Waals surface area contributed by atoms with E-state index in [9.17, 15) is 9.59 Å². The molecule has 0 aliphatic carbocycles. The van der Waals surface area contributed by atoms with Crippen LogP contribution in [-0.2, 0) is 0 Å². The molecular weight excluding hydrogens is 206 g/mol. The molecule has 16 heavy (non-hydrogen) atoms. The van der Waals surface area contributed by atoms with Gasteiger partial charge in [0.05, 0.1) is 5.52 Å². The molecule has 0 atom stereocenters. The van der Waals surface area contributed by atoms with Crippen LogP contribution in [0.2, 0.25) is 0 Å². The van der Waals surface area contributed by atoms with E-state index in [2.05, 4.69) is 4.98 Å². The highest BCUT2D eigenvalue weighted by Crippen LogP contribution is 2.15. The maximum Gasteiger partial charge on any atom is 0.354 e. The number of Topliss-reactive ketones (excluding diaryl/α,β-unsaturated/α-hetero) is 1. The van der Waals surface area contributed by atoms with Crippen molar-refractivity contribution in [1.82, 2.24) is 4.98 Å². The summed E-state index contributed by atoms with van der Waals surface area (Å²) in [5.41, 5.74) is 1.03. The van der Waals surface area contributed by atoms with Gasteiger partial charge in [0.1, 0.15) is 5.69 Å². The van der Waals surface area contributed by atoms with Crippen molar-refractivity contribution in [2.24, 2.45) is 0 Å². The highest BCUT2D eigenvalue weighted by Gasteiger charge is 2.07. The largest absolute Gasteiger partial charge is 0.477 e. The van der Waals surface area contributed by atoms with Gasteiger partial charge >= 0.3 is 5.97 Å². The summed E-state index contributed by atoms with van der Waals surface area (Å²) in [7, 11) is 0. The Morgan fingerprint density at radius 1 is 1.19 bits per heavy atom. The summed E-state index contributed by atoms with van der Waals surface area (Å²) >= 11 is 0. The van der Waals surface area contributed by atoms with Crippen LogP contribution in [-0.4, -0.2) is 21.8 Å². The highest BCUT2D eigenvalue weighted by atomic mass is 16.4. The van der Waals surface area contributed by atoms with Crippen LogP contribution < -0.4 is 0 Å². The minimum Gasteiger partial charge on any atom is -0.477 e. The third-order valence-corrected chi connectivity index (χ3v) is 2.32. The molecule has 1 aromatic heterocycles. The van der Waals surface area contributed by atoms with Gasteiger partial charge in [-0.05, 0) is 19.1 Å². The van der Waals surface area contributed by atoms with Crippen molar-refractivity contribution in [2.45, 2.75) is 6.92 Å². The minimum atomic E-state index is -1.07. The fourth-order valence-corrected chi connectivity index (χ4v) is 1.46. The average molecular weight is 215 g/mol. The van der Waals surface area contributed by atoms with Crippen LogP contribution in [0.5, 0.6) is 0 Å². The van der Waals surface area contributed by atoms with E-state index in [1.807, 2.05) is 0 Å². The lowest BCUT2D eigenvalue weighted by molar-refractivity contribution is 0.0690. The first kappa shape index (κ1) is 10.3. The smallest absolute Gasteiger partial charge is 0.354 e. The first-order chi connectivity index (χ1) is 7.58. The zero-order valence-corrected chi connectivity index (χ0v) is 8.60. The van der Waals surface area contributed by atoms with Gasteiger partial charge in [0.25, 0.3) is 0 Å². The Morgan fingerprint density at radius 2 is 1.88 bits per heavy atom. The monoisotopic (exact) mass is 215 g/mol. The number of pyridine rings is 1. The van der Waals surface area contributed by atoms with Gasteiger partial charge in [-0.1, -0.05) is 18.2 Å². The number of rotatable bonds is 2. The van der Waals surface area contributed by atoms with Crippen LogP contribution in [0.25, 0.3) is 10.9 Å². The van der Waals surface area contributed by atoms with Crippen molar-refractivity contribution in [2.75, 3.05) is 0 Å². The number of aromatic carboxylic acids is 1. The number of carbonyl (C=O) groups excluding carboxylic acids is 1. The molecule has 0 aliphatic heterocycles. The molecule has 0 radical (unpaired) electrons. The van der Waals surface area contributed by atoms with Gasteiger partial charge in [0.2, 0.25) is 0 Å². The van der Waals surface area contributed by atoms with Gasteiger partial charge in [-0.25, -0.2) is 9.78 Å². The van der Waals surface area contributed by atoms with E-state index in [1.165, 1.54) is 13.0 Å². The van der Waals surface area contributed by atoms with Gasteiger partial charge in [-0.3, -0.25) is 4.79 Å². The third kappa shape index (κ3) is 1.77. The van der Waals surface area contributed by atoms with E-state index in [1.54, 1.807) is 24.3 Å². The van der Waals surface area contributed by atoms with E-state index < -0.39 is 5.97 Å². The molecule has 0 spiro atoms. The second-order valence-electron chi connectivity index (χ2n) is 3.47. The van der Waals surface area contributed by atoms with Gasteiger partial charge in [-0.2, -0.15) is 0 Å². The Hall–Kier alpha value is -2.23. The molecule has 4 heteroatoms. The van der Waals surface area contributed by atoms with Crippen molar-refractivity contribution in [3.05, 3.63) is 41.6 Å². The quantitative estimate of drug-likeness (QED) is 0.779. The fourth-order valence-electron chi connectivity index (χ4n) is 1.46. The number of ketones is 1. The number of benzene rings is 1. The second kappa shape index (κ2) is 3.73. The Balaban J connectivity index is 2.65. The minimum absolute atomic E-state index is 0.0202. The van der Waals surface area contributed by atoms with Crippen LogP contribution in [0.1, 0.15) is 27.8 Å². The molecule has 0 unspecified atom stereocenters. The Kier molecular flexibility index (Phi) is 2.40. The summed E-state index contributed by atoms with van der Waals surface area (Å²) in [6.45, 7) is 1.46. The number of carboxylic acids is 1. The summed E-state index contributed by atoms with van der Waals surface area (Å²) in [4.78, 5) is 25.9. The van der Waals surface area contributed by atoms with Crippen molar-refractivity contribution >= 4 is 22.7 Å². The number of hydrogen-bond donors (Lipinski definition) is 1. The standard InChI is InChI=1S/C12H9NO3/c1-7(14)9-3-2-8-4-5-10(12(15)16)13-11(8)6-9/h2-6H,1H3,(H,15,16). The number of nitrogens with zero attached hydrogens (tertiary/aromatic N) is 1. The van der Waals surface area contributed by atoms with E-state index >= 15 is 0 Å². The lowest BCUT2D eigenvalue weighted by Crippen LogP contribution is -2.00. The molecule has 0 saturated heterocycles. The predicted molar refractivity (Wildman–Crippen MR) is 58.7 cm³/mol. The van der Waals surface area contributed by atoms with E-state index in [0.717, 1.165) is 5.39 Å². The lowest BCUT2D eigenvalue weighted by atomic mass is 10.1. The zero-order valence-electron chi connectivity index (χ0n) is 8.60. The average Bonchev–Trinajstić information content (AvgIpc) is 2.27. The Bertz CT molecular complexity index is 541. The van der Waals surface area contributed by atoms with Gasteiger partial charge < -0.3 is 5.11 Å². The first-order valence-electron chi connectivity index (χ1n) is 4.73. The molecule has 0 bridgehead atoms. The topological polar surface area (TPSA) is 67.3 Å². The molecule has 4 nitrogen and oxygen atoms in total. The summed E-state index contributed by atoms with van der Waals surface area (Å²) in [6.07, 6.45) is 0. The molecular formula is C12H9NO3. The maximum atomic E-state index is 11.2. The molecule has 0 fully saturated rings. The molecule has 0 amide bonds. The third-order valence-electron chi connectivity index (χ3n) is 2.32. The number of carbonyl (C=O) groups is 2. The predicted octanol–water partition coefficient (Wildman–Crippen LogP) is 2.14. The molecule has 2 rings (SSSR count). The Morgan fingerprint density at radius 3 is 2.50 bits per heavy atom. The molecule has 1 heterocycles. The lowest BCUT2D eigenvalue weighted by Gasteiger charge is -2.01. The molecule has 0 aliphatic rings. The van der Waals surface area contributed by atoms with E-state index in [0.29, 0.717) is 11.1 Å². The van der Waals surface area contributed by atoms with Crippen molar-refractivity contribution in [3.63, 3.8) is 0 Å². The van der Waals surface area contributed by atoms with Gasteiger partial charge in [0.15, 0.2) is 5.78 Å². The summed E-state index contributed by atoms with van der Waals surface area (Å²) < 4.78 is 0. The van der Waals surface area contributed by atoms with Gasteiger partial charge in [-0.15, -0.1) is 0 Å². The fraction of sp³-hybridized carbons (Fsp3) is 0.0833. The molecule has 1 N–H and O–H groups in total. The second-order valence-corrected chi connectivity index (χ2v) is 3.47. The van der Waals surface area contributed by atoms with Crippen molar-refractivity contribution < 1.29 is 14.7 Å². The van der Waals surface area contributed by atoms with Crippen LogP contribution in [0.4, 0.5) is 0 Å². The molecule has 1 aromatic carbocycles. The summed E-state index contributed by atoms with van der Waals surface area (Å²) in [5.74, 6) is -1.14. The van der Waals surface area contributed by atoms with Crippen molar-refractivity contribution in [1.29, 1.82) is 0 Å². The number of hydrogen-bond acceptors (Lipinski definition) is 3. The summed E-state index contributed by atoms with van der Waals surface area (Å²) in [6, 6.07) is 8.18. The first-order valence-corrected chi connectivity index (χ1v) is 4.73. The van der Waals surface area contributed by atoms with Crippen LogP contribution in [0.15, 0.2) is 30.3 Å². The van der Waals surface area contributed by atoms with Crippen molar-refractivity contribution in [3.8, 4) is 0 Å². The molecule has 0 saturated carbocycles. The molecule has 80 valence electrons. The molecule has 2 aromatic rings. The maximum absolute atomic E-state index is 11.2. The van der Waals surface area contributed by atoms with E-state index in [4.69, 9.17) is 5.11 Å². The summed E-state index contributed by atoms with van der Waals surface area (Å²) in [5, 5.41) is 9.61. The number of aromatic nitrogens is 1. The van der Waals surface area contributed by atoms with E-state index in [-0.39, 0.29) is 11.5 Å². The normalized spacial score (nSPS) is 10.3. The zero-order chi connectivity index (χ0) is 11.7. The van der Waals surface area contributed by atoms with Crippen LogP contribution in [0.3, 0.4) is 0 Å². The SMILES string of the molecule is CC(=O)c1ccc2ccc(C(=O)O)nc2c1. The Labute approximate surface area is 91.5 Å². The number of fused-ring (bicyclic) bond motifs is 1. The number of carboxylic acid groups (broad SMARTS) is 1. The van der Waals surface area contributed by atoms with Crippen LogP contribution in [0, 0.1) is 0 Å². The van der Waals surface area contributed by atoms with Crippen LogP contribution >= 0.6 is 0 Å².